The van der Waals surface area contributed by atoms with E-state index in [1.807, 2.05) is 47.8 Å². The number of amides is 1. The molecule has 0 aliphatic heterocycles. The van der Waals surface area contributed by atoms with Crippen molar-refractivity contribution in [3.63, 3.8) is 0 Å². The van der Waals surface area contributed by atoms with Crippen LogP contribution in [0.3, 0.4) is 0 Å². The lowest BCUT2D eigenvalue weighted by molar-refractivity contribution is -0.120. The van der Waals surface area contributed by atoms with Crippen LogP contribution in [0.2, 0.25) is 5.02 Å². The second-order valence-corrected chi connectivity index (χ2v) is 6.16. The molecule has 3 aromatic rings. The van der Waals surface area contributed by atoms with Crippen LogP contribution >= 0.6 is 22.9 Å². The summed E-state index contributed by atoms with van der Waals surface area (Å²) in [5, 5.41) is 6.22. The normalized spacial score (nSPS) is 10.5. The predicted molar refractivity (Wildman–Crippen MR) is 92.3 cm³/mol. The van der Waals surface area contributed by atoms with Gasteiger partial charge in [-0.1, -0.05) is 35.9 Å². The molecule has 0 saturated carbocycles. The molecule has 1 amide bonds. The van der Waals surface area contributed by atoms with Crippen molar-refractivity contribution in [1.29, 1.82) is 0 Å². The Morgan fingerprint density at radius 3 is 2.74 bits per heavy atom. The van der Waals surface area contributed by atoms with Crippen molar-refractivity contribution in [3.05, 3.63) is 70.5 Å². The van der Waals surface area contributed by atoms with Crippen LogP contribution in [-0.2, 0) is 17.8 Å². The van der Waals surface area contributed by atoms with Crippen molar-refractivity contribution in [1.82, 2.24) is 15.3 Å². The predicted octanol–water partition coefficient (Wildman–Crippen LogP) is 3.72. The van der Waals surface area contributed by atoms with Gasteiger partial charge < -0.3 is 5.32 Å². The van der Waals surface area contributed by atoms with Gasteiger partial charge in [0.15, 0.2) is 0 Å². The van der Waals surface area contributed by atoms with Gasteiger partial charge in [0.2, 0.25) is 5.91 Å². The second kappa shape index (κ2) is 7.35. The summed E-state index contributed by atoms with van der Waals surface area (Å²) in [6, 6.07) is 13.2. The quantitative estimate of drug-likeness (QED) is 0.768. The molecule has 0 bridgehead atoms. The number of aromatic nitrogens is 2. The first kappa shape index (κ1) is 15.6. The van der Waals surface area contributed by atoms with Crippen LogP contribution in [0, 0.1) is 0 Å². The largest absolute Gasteiger partial charge is 0.350 e. The van der Waals surface area contributed by atoms with Gasteiger partial charge in [0.1, 0.15) is 5.01 Å². The smallest absolute Gasteiger partial charge is 0.226 e. The van der Waals surface area contributed by atoms with Gasteiger partial charge >= 0.3 is 0 Å². The van der Waals surface area contributed by atoms with Gasteiger partial charge in [-0.15, -0.1) is 11.3 Å². The summed E-state index contributed by atoms with van der Waals surface area (Å²) in [6.07, 6.45) is 1.95. The molecule has 0 fully saturated rings. The average Bonchev–Trinajstić information content (AvgIpc) is 3.02. The average molecular weight is 344 g/mol. The summed E-state index contributed by atoms with van der Waals surface area (Å²) >= 11 is 7.66. The number of carbonyl (C=O) groups is 1. The third kappa shape index (κ3) is 4.15. The summed E-state index contributed by atoms with van der Waals surface area (Å²) < 4.78 is 0. The first-order valence-corrected chi connectivity index (χ1v) is 8.34. The van der Waals surface area contributed by atoms with Gasteiger partial charge in [0, 0.05) is 17.1 Å². The summed E-state index contributed by atoms with van der Waals surface area (Å²) in [6.45, 7) is 0.418. The Labute approximate surface area is 143 Å². The third-order valence-electron chi connectivity index (χ3n) is 3.19. The number of hydrogen-bond donors (Lipinski definition) is 1. The van der Waals surface area contributed by atoms with E-state index in [4.69, 9.17) is 11.6 Å². The van der Waals surface area contributed by atoms with Crippen LogP contribution in [0.25, 0.3) is 10.6 Å². The Balaban J connectivity index is 1.61. The summed E-state index contributed by atoms with van der Waals surface area (Å²) in [5.41, 5.74) is 2.46. The zero-order valence-corrected chi connectivity index (χ0v) is 13.8. The van der Waals surface area contributed by atoms with Gasteiger partial charge in [-0.05, 0) is 18.2 Å². The van der Waals surface area contributed by atoms with Crippen LogP contribution in [0.5, 0.6) is 0 Å². The van der Waals surface area contributed by atoms with E-state index < -0.39 is 0 Å². The minimum atomic E-state index is -0.0772. The molecular formula is C17H14ClN3OS. The third-order valence-corrected chi connectivity index (χ3v) is 4.44. The van der Waals surface area contributed by atoms with Crippen LogP contribution < -0.4 is 5.32 Å². The van der Waals surface area contributed by atoms with Gasteiger partial charge in [-0.3, -0.25) is 9.78 Å². The minimum absolute atomic E-state index is 0.0772. The highest BCUT2D eigenvalue weighted by atomic mass is 35.5. The van der Waals surface area contributed by atoms with Crippen LogP contribution in [0.4, 0.5) is 0 Å². The van der Waals surface area contributed by atoms with Gasteiger partial charge in [0.25, 0.3) is 0 Å². The molecule has 4 nitrogen and oxygen atoms in total. The van der Waals surface area contributed by atoms with E-state index in [0.29, 0.717) is 11.6 Å². The first-order chi connectivity index (χ1) is 11.2. The zero-order valence-electron chi connectivity index (χ0n) is 12.2. The maximum Gasteiger partial charge on any atom is 0.226 e. The fourth-order valence-electron chi connectivity index (χ4n) is 2.07. The van der Waals surface area contributed by atoms with E-state index in [0.717, 1.165) is 22.0 Å². The molecular weight excluding hydrogens is 330 g/mol. The monoisotopic (exact) mass is 343 g/mol. The molecule has 0 spiro atoms. The molecule has 0 aliphatic carbocycles. The van der Waals surface area contributed by atoms with Crippen molar-refractivity contribution in [3.8, 4) is 10.6 Å². The Morgan fingerprint density at radius 2 is 1.96 bits per heavy atom. The van der Waals surface area contributed by atoms with E-state index in [9.17, 15) is 4.79 Å². The second-order valence-electron chi connectivity index (χ2n) is 4.90. The highest BCUT2D eigenvalue weighted by molar-refractivity contribution is 7.13. The lowest BCUT2D eigenvalue weighted by Gasteiger charge is -2.03. The molecule has 2 aromatic heterocycles. The molecule has 0 radical (unpaired) electrons. The molecule has 0 aliphatic rings. The highest BCUT2D eigenvalue weighted by Gasteiger charge is 2.11. The number of pyridine rings is 1. The van der Waals surface area contributed by atoms with E-state index in [-0.39, 0.29) is 12.3 Å². The SMILES string of the molecule is O=C(Cc1csc(-c2ccccc2Cl)n1)NCc1ccccn1. The number of nitrogens with one attached hydrogen (secondary N) is 1. The lowest BCUT2D eigenvalue weighted by Crippen LogP contribution is -2.25. The molecule has 6 heteroatoms. The van der Waals surface area contributed by atoms with Gasteiger partial charge in [0.05, 0.1) is 29.4 Å². The number of nitrogens with zero attached hydrogens (tertiary/aromatic N) is 2. The lowest BCUT2D eigenvalue weighted by atomic mass is 10.2. The number of halogens is 1. The number of rotatable bonds is 5. The molecule has 1 aromatic carbocycles. The summed E-state index contributed by atoms with van der Waals surface area (Å²) in [5.74, 6) is -0.0772. The van der Waals surface area contributed by atoms with Crippen LogP contribution in [0.15, 0.2) is 54.0 Å². The van der Waals surface area contributed by atoms with Crippen molar-refractivity contribution >= 4 is 28.8 Å². The number of benzene rings is 1. The minimum Gasteiger partial charge on any atom is -0.350 e. The summed E-state index contributed by atoms with van der Waals surface area (Å²) in [7, 11) is 0. The number of hydrogen-bond acceptors (Lipinski definition) is 4. The molecule has 0 atom stereocenters. The van der Waals surface area contributed by atoms with E-state index in [2.05, 4.69) is 15.3 Å². The van der Waals surface area contributed by atoms with E-state index >= 15 is 0 Å². The Hall–Kier alpha value is -2.24. The first-order valence-electron chi connectivity index (χ1n) is 7.08. The van der Waals surface area contributed by atoms with E-state index in [1.54, 1.807) is 6.20 Å². The number of carbonyl (C=O) groups excluding carboxylic acids is 1. The molecule has 0 saturated heterocycles. The Kier molecular flexibility index (Phi) is 5.00. The zero-order chi connectivity index (χ0) is 16.1. The maximum atomic E-state index is 12.0. The van der Waals surface area contributed by atoms with Crippen LogP contribution in [0.1, 0.15) is 11.4 Å². The van der Waals surface area contributed by atoms with Gasteiger partial charge in [-0.2, -0.15) is 0 Å². The number of thiazole rings is 1. The Morgan fingerprint density at radius 1 is 1.13 bits per heavy atom. The Bertz CT molecular complexity index is 804. The summed E-state index contributed by atoms with van der Waals surface area (Å²) in [4.78, 5) is 20.7. The maximum absolute atomic E-state index is 12.0. The van der Waals surface area contributed by atoms with Crippen molar-refractivity contribution in [2.75, 3.05) is 0 Å². The topological polar surface area (TPSA) is 54.9 Å². The fourth-order valence-corrected chi connectivity index (χ4v) is 3.21. The fraction of sp³-hybridized carbons (Fsp3) is 0.118. The molecule has 1 N–H and O–H groups in total. The van der Waals surface area contributed by atoms with Gasteiger partial charge in [-0.25, -0.2) is 4.98 Å². The van der Waals surface area contributed by atoms with Crippen molar-refractivity contribution in [2.45, 2.75) is 13.0 Å². The molecule has 23 heavy (non-hydrogen) atoms. The standard InChI is InChI=1S/C17H14ClN3OS/c18-15-7-2-1-6-14(15)17-21-13(11-23-17)9-16(22)20-10-12-5-3-4-8-19-12/h1-8,11H,9-10H2,(H,20,22). The molecule has 2 heterocycles. The highest BCUT2D eigenvalue weighted by Crippen LogP contribution is 2.30. The van der Waals surface area contributed by atoms with Crippen molar-refractivity contribution in [2.24, 2.45) is 0 Å². The van der Waals surface area contributed by atoms with Crippen LogP contribution in [-0.4, -0.2) is 15.9 Å². The van der Waals surface area contributed by atoms with E-state index in [1.165, 1.54) is 11.3 Å². The molecule has 116 valence electrons. The molecule has 3 rings (SSSR count). The molecule has 0 unspecified atom stereocenters. The van der Waals surface area contributed by atoms with Crippen molar-refractivity contribution < 1.29 is 4.79 Å².